The Morgan fingerprint density at radius 3 is 2.00 bits per heavy atom. The minimum Gasteiger partial charge on any atom is -0.330 e. The van der Waals surface area contributed by atoms with E-state index in [1.54, 1.807) is 0 Å². The zero-order valence-electron chi connectivity index (χ0n) is 4.22. The Morgan fingerprint density at radius 2 is 1.75 bits per heavy atom. The Labute approximate surface area is 46.8 Å². The number of rotatable bonds is 0. The van der Waals surface area contributed by atoms with Crippen molar-refractivity contribution in [3.05, 3.63) is 12.2 Å². The third-order valence-electron chi connectivity index (χ3n) is 1.51. The fourth-order valence-corrected chi connectivity index (χ4v) is 0.954. The molecule has 0 bridgehead atoms. The lowest BCUT2D eigenvalue weighted by molar-refractivity contribution is 0.247. The Hall–Kier alpha value is -0.990. The van der Waals surface area contributed by atoms with E-state index in [0.717, 1.165) is 0 Å². The summed E-state index contributed by atoms with van der Waals surface area (Å²) in [6, 6.07) is 0.509. The molecule has 42 valence electrons. The Morgan fingerprint density at radius 1 is 1.25 bits per heavy atom. The normalized spacial score (nSPS) is 39.8. The molecule has 3 nitrogen and oxygen atoms in total. The third-order valence-corrected chi connectivity index (χ3v) is 1.51. The quantitative estimate of drug-likeness (QED) is 0.409. The van der Waals surface area contributed by atoms with Gasteiger partial charge in [-0.25, -0.2) is 4.79 Å². The summed E-state index contributed by atoms with van der Waals surface area (Å²) in [5.74, 6) is 0. The van der Waals surface area contributed by atoms with Crippen molar-refractivity contribution in [2.45, 2.75) is 12.1 Å². The number of nitrogens with one attached hydrogen (secondary N) is 2. The summed E-state index contributed by atoms with van der Waals surface area (Å²) in [6.07, 6.45) is 3.95. The van der Waals surface area contributed by atoms with E-state index in [1.807, 2.05) is 12.2 Å². The highest BCUT2D eigenvalue weighted by atomic mass is 16.2. The van der Waals surface area contributed by atoms with Gasteiger partial charge >= 0.3 is 6.03 Å². The molecule has 2 amide bonds. The minimum absolute atomic E-state index is 0.0509. The van der Waals surface area contributed by atoms with Crippen molar-refractivity contribution in [2.24, 2.45) is 0 Å². The van der Waals surface area contributed by atoms with Gasteiger partial charge in [-0.3, -0.25) is 0 Å². The van der Waals surface area contributed by atoms with Crippen molar-refractivity contribution >= 4 is 6.03 Å². The van der Waals surface area contributed by atoms with Crippen molar-refractivity contribution in [1.29, 1.82) is 0 Å². The molecule has 1 heterocycles. The smallest absolute Gasteiger partial charge is 0.315 e. The summed E-state index contributed by atoms with van der Waals surface area (Å²) in [5, 5.41) is 5.43. The van der Waals surface area contributed by atoms with Crippen LogP contribution < -0.4 is 10.6 Å². The summed E-state index contributed by atoms with van der Waals surface area (Å²) in [6.45, 7) is 0. The van der Waals surface area contributed by atoms with Crippen LogP contribution in [0.25, 0.3) is 0 Å². The van der Waals surface area contributed by atoms with Gasteiger partial charge in [0, 0.05) is 0 Å². The molecular weight excluding hydrogens is 104 g/mol. The van der Waals surface area contributed by atoms with Crippen molar-refractivity contribution in [3.63, 3.8) is 0 Å². The van der Waals surface area contributed by atoms with Gasteiger partial charge in [-0.15, -0.1) is 0 Å². The first kappa shape index (κ1) is 3.95. The minimum atomic E-state index is -0.0509. The first-order valence-corrected chi connectivity index (χ1v) is 2.61. The van der Waals surface area contributed by atoms with Gasteiger partial charge in [0.2, 0.25) is 0 Å². The van der Waals surface area contributed by atoms with Crippen LogP contribution in [-0.4, -0.2) is 18.1 Å². The number of fused-ring (bicyclic) bond motifs is 1. The highest BCUT2D eigenvalue weighted by Gasteiger charge is 2.32. The van der Waals surface area contributed by atoms with Crippen LogP contribution in [-0.2, 0) is 0 Å². The lowest BCUT2D eigenvalue weighted by atomic mass is 10.00. The van der Waals surface area contributed by atoms with Crippen molar-refractivity contribution in [3.8, 4) is 0 Å². The zero-order chi connectivity index (χ0) is 5.56. The summed E-state index contributed by atoms with van der Waals surface area (Å²) in [7, 11) is 0. The molecule has 2 rings (SSSR count). The fourth-order valence-electron chi connectivity index (χ4n) is 0.954. The first-order chi connectivity index (χ1) is 3.86. The van der Waals surface area contributed by atoms with E-state index in [0.29, 0.717) is 0 Å². The maximum atomic E-state index is 10.4. The van der Waals surface area contributed by atoms with E-state index in [4.69, 9.17) is 0 Å². The summed E-state index contributed by atoms with van der Waals surface area (Å²) < 4.78 is 0. The van der Waals surface area contributed by atoms with Crippen LogP contribution in [0.15, 0.2) is 12.2 Å². The molecule has 1 aliphatic heterocycles. The van der Waals surface area contributed by atoms with E-state index < -0.39 is 0 Å². The SMILES string of the molecule is O=C1NC2C=CC2N1. The molecule has 0 saturated carbocycles. The Kier molecular flexibility index (Phi) is 0.516. The van der Waals surface area contributed by atoms with Crippen LogP contribution in [0.4, 0.5) is 4.79 Å². The van der Waals surface area contributed by atoms with Gasteiger partial charge in [-0.1, -0.05) is 12.2 Å². The van der Waals surface area contributed by atoms with Crippen molar-refractivity contribution in [2.75, 3.05) is 0 Å². The molecule has 8 heavy (non-hydrogen) atoms. The summed E-state index contributed by atoms with van der Waals surface area (Å²) in [5.41, 5.74) is 0. The molecule has 2 atom stereocenters. The second-order valence-electron chi connectivity index (χ2n) is 2.05. The summed E-state index contributed by atoms with van der Waals surface area (Å²) >= 11 is 0. The monoisotopic (exact) mass is 110 g/mol. The lowest BCUT2D eigenvalue weighted by Gasteiger charge is -2.18. The molecule has 2 N–H and O–H groups in total. The van der Waals surface area contributed by atoms with Crippen LogP contribution in [0.1, 0.15) is 0 Å². The molecule has 1 saturated heterocycles. The zero-order valence-corrected chi connectivity index (χ0v) is 4.22. The molecule has 0 aromatic rings. The molecule has 3 heteroatoms. The number of hydrogen-bond donors (Lipinski definition) is 2. The fraction of sp³-hybridized carbons (Fsp3) is 0.400. The number of urea groups is 1. The predicted molar refractivity (Wildman–Crippen MR) is 28.4 cm³/mol. The lowest BCUT2D eigenvalue weighted by Crippen LogP contribution is -2.36. The van der Waals surface area contributed by atoms with Gasteiger partial charge < -0.3 is 10.6 Å². The average Bonchev–Trinajstić information content (AvgIpc) is 1.91. The third kappa shape index (κ3) is 0.314. The molecule has 0 radical (unpaired) electrons. The van der Waals surface area contributed by atoms with Crippen molar-refractivity contribution in [1.82, 2.24) is 10.6 Å². The molecular formula is C5H6N2O. The molecule has 0 aromatic carbocycles. The topological polar surface area (TPSA) is 41.1 Å². The second-order valence-corrected chi connectivity index (χ2v) is 2.05. The highest BCUT2D eigenvalue weighted by Crippen LogP contribution is 2.13. The molecule has 2 unspecified atom stereocenters. The van der Waals surface area contributed by atoms with Gasteiger partial charge in [-0.05, 0) is 0 Å². The highest BCUT2D eigenvalue weighted by molar-refractivity contribution is 5.79. The number of carbonyl (C=O) groups is 1. The number of hydrogen-bond acceptors (Lipinski definition) is 1. The van der Waals surface area contributed by atoms with Gasteiger partial charge in [-0.2, -0.15) is 0 Å². The maximum absolute atomic E-state index is 10.4. The largest absolute Gasteiger partial charge is 0.330 e. The van der Waals surface area contributed by atoms with E-state index in [1.165, 1.54) is 0 Å². The van der Waals surface area contributed by atoms with Gasteiger partial charge in [0.05, 0.1) is 12.1 Å². The molecule has 1 aliphatic carbocycles. The number of amides is 2. The maximum Gasteiger partial charge on any atom is 0.315 e. The van der Waals surface area contributed by atoms with E-state index in [2.05, 4.69) is 10.6 Å². The van der Waals surface area contributed by atoms with Crippen LogP contribution in [0.2, 0.25) is 0 Å². The average molecular weight is 110 g/mol. The Balaban J connectivity index is 2.20. The van der Waals surface area contributed by atoms with Crippen molar-refractivity contribution < 1.29 is 4.79 Å². The van der Waals surface area contributed by atoms with Crippen LogP contribution in [0.3, 0.4) is 0 Å². The van der Waals surface area contributed by atoms with E-state index >= 15 is 0 Å². The number of carbonyl (C=O) groups excluding carboxylic acids is 1. The molecule has 2 aliphatic rings. The first-order valence-electron chi connectivity index (χ1n) is 2.61. The van der Waals surface area contributed by atoms with Crippen LogP contribution in [0, 0.1) is 0 Å². The van der Waals surface area contributed by atoms with Gasteiger partial charge in [0.25, 0.3) is 0 Å². The van der Waals surface area contributed by atoms with E-state index in [-0.39, 0.29) is 18.1 Å². The van der Waals surface area contributed by atoms with Crippen LogP contribution in [0.5, 0.6) is 0 Å². The Bertz CT molecular complexity index is 148. The van der Waals surface area contributed by atoms with Crippen LogP contribution >= 0.6 is 0 Å². The molecule has 0 spiro atoms. The van der Waals surface area contributed by atoms with Gasteiger partial charge in [0.1, 0.15) is 0 Å². The van der Waals surface area contributed by atoms with E-state index in [9.17, 15) is 4.79 Å². The molecule has 0 aromatic heterocycles. The van der Waals surface area contributed by atoms with Gasteiger partial charge in [0.15, 0.2) is 0 Å². The second kappa shape index (κ2) is 1.05. The summed E-state index contributed by atoms with van der Waals surface area (Å²) in [4.78, 5) is 10.4. The molecule has 1 fully saturated rings. The predicted octanol–water partition coefficient (Wildman–Crippen LogP) is -0.394. The standard InChI is InChI=1S/C5H6N2O/c8-5-6-3-1-2-4(3)7-5/h1-4H,(H2,6,7,8).